The summed E-state index contributed by atoms with van der Waals surface area (Å²) < 4.78 is 6.94. The van der Waals surface area contributed by atoms with Crippen molar-refractivity contribution in [2.24, 2.45) is 35.0 Å². The van der Waals surface area contributed by atoms with Gasteiger partial charge in [0.1, 0.15) is 5.78 Å². The molecular formula is C27H41NO2. The predicted molar refractivity (Wildman–Crippen MR) is 119 cm³/mol. The zero-order chi connectivity index (χ0) is 20.7. The number of carbonyl (C=O) groups is 1. The molecule has 0 aromatic rings. The van der Waals surface area contributed by atoms with Crippen molar-refractivity contribution in [1.82, 2.24) is 5.32 Å². The third-order valence-electron chi connectivity index (χ3n) is 11.2. The Morgan fingerprint density at radius 1 is 1.10 bits per heavy atom. The van der Waals surface area contributed by atoms with Gasteiger partial charge in [0.15, 0.2) is 0 Å². The lowest BCUT2D eigenvalue weighted by Gasteiger charge is -2.52. The fraction of sp³-hybridized carbons (Fsp3) is 0.889. The third kappa shape index (κ3) is 2.73. The van der Waals surface area contributed by atoms with Crippen molar-refractivity contribution in [2.45, 2.75) is 109 Å². The van der Waals surface area contributed by atoms with Crippen molar-refractivity contribution in [3.05, 3.63) is 11.1 Å². The molecule has 5 fully saturated rings. The molecule has 0 radical (unpaired) electrons. The molecule has 6 rings (SSSR count). The van der Waals surface area contributed by atoms with Crippen LogP contribution in [0.5, 0.6) is 0 Å². The minimum atomic E-state index is 0.0714. The Hall–Kier alpha value is -0.670. The molecule has 3 nitrogen and oxygen atoms in total. The fourth-order valence-electron chi connectivity index (χ4n) is 9.41. The van der Waals surface area contributed by atoms with Crippen LogP contribution in [0, 0.1) is 35.0 Å². The average Bonchev–Trinajstić information content (AvgIpc) is 3.19. The zero-order valence-electron chi connectivity index (χ0n) is 19.3. The molecule has 1 N–H and O–H groups in total. The van der Waals surface area contributed by atoms with Gasteiger partial charge in [-0.15, -0.1) is 0 Å². The number of fused-ring (bicyclic) bond motifs is 6. The lowest BCUT2D eigenvalue weighted by molar-refractivity contribution is -0.129. The second-order valence-electron chi connectivity index (χ2n) is 12.3. The molecule has 9 atom stereocenters. The summed E-state index contributed by atoms with van der Waals surface area (Å²) in [5, 5.41) is 3.80. The molecule has 0 amide bonds. The summed E-state index contributed by atoms with van der Waals surface area (Å²) in [6.45, 7) is 8.64. The van der Waals surface area contributed by atoms with Gasteiger partial charge in [-0.05, 0) is 100 Å². The number of ether oxygens (including phenoxy) is 1. The smallest absolute Gasteiger partial charge is 0.133 e. The van der Waals surface area contributed by atoms with Crippen LogP contribution < -0.4 is 5.32 Å². The Labute approximate surface area is 182 Å². The Bertz CT molecular complexity index is 773. The van der Waals surface area contributed by atoms with Crippen LogP contribution in [0.2, 0.25) is 0 Å². The number of carbonyl (C=O) groups excluding carboxylic acids is 1. The molecular weight excluding hydrogens is 370 g/mol. The maximum absolute atomic E-state index is 12.2. The van der Waals surface area contributed by atoms with Crippen LogP contribution in [0.15, 0.2) is 11.1 Å². The van der Waals surface area contributed by atoms with E-state index in [1.54, 1.807) is 5.57 Å². The lowest BCUT2D eigenvalue weighted by atomic mass is 9.52. The summed E-state index contributed by atoms with van der Waals surface area (Å²) in [6.07, 6.45) is 13.5. The molecule has 2 saturated heterocycles. The molecule has 166 valence electrons. The number of allylic oxidation sites excluding steroid dienone is 1. The van der Waals surface area contributed by atoms with Crippen LogP contribution in [-0.4, -0.2) is 30.1 Å². The van der Waals surface area contributed by atoms with E-state index in [1.807, 2.05) is 5.57 Å². The summed E-state index contributed by atoms with van der Waals surface area (Å²) >= 11 is 0. The lowest BCUT2D eigenvalue weighted by Crippen LogP contribution is -2.46. The van der Waals surface area contributed by atoms with Gasteiger partial charge in [-0.25, -0.2) is 0 Å². The average molecular weight is 412 g/mol. The van der Waals surface area contributed by atoms with Gasteiger partial charge in [0.2, 0.25) is 0 Å². The second-order valence-corrected chi connectivity index (χ2v) is 12.3. The Balaban J connectivity index is 1.29. The van der Waals surface area contributed by atoms with E-state index in [1.165, 1.54) is 51.5 Å². The maximum Gasteiger partial charge on any atom is 0.133 e. The van der Waals surface area contributed by atoms with E-state index in [-0.39, 0.29) is 5.60 Å². The summed E-state index contributed by atoms with van der Waals surface area (Å²) in [4.78, 5) is 12.2. The normalized spacial score (nSPS) is 53.2. The maximum atomic E-state index is 12.2. The second kappa shape index (κ2) is 6.91. The van der Waals surface area contributed by atoms with Crippen LogP contribution in [0.25, 0.3) is 0 Å². The van der Waals surface area contributed by atoms with E-state index >= 15 is 0 Å². The van der Waals surface area contributed by atoms with Crippen LogP contribution in [-0.2, 0) is 9.53 Å². The quantitative estimate of drug-likeness (QED) is 0.540. The first-order chi connectivity index (χ1) is 14.4. The molecule has 0 aromatic carbocycles. The van der Waals surface area contributed by atoms with Crippen LogP contribution in [0.4, 0.5) is 0 Å². The summed E-state index contributed by atoms with van der Waals surface area (Å²) in [5.41, 5.74) is 3.97. The van der Waals surface area contributed by atoms with Gasteiger partial charge < -0.3 is 10.1 Å². The first-order valence-corrected chi connectivity index (χ1v) is 13.0. The Morgan fingerprint density at radius 2 is 1.97 bits per heavy atom. The van der Waals surface area contributed by atoms with Crippen molar-refractivity contribution in [1.29, 1.82) is 0 Å². The van der Waals surface area contributed by atoms with Crippen molar-refractivity contribution in [2.75, 3.05) is 6.54 Å². The van der Waals surface area contributed by atoms with E-state index in [0.29, 0.717) is 35.2 Å². The molecule has 1 spiro atoms. The van der Waals surface area contributed by atoms with Crippen molar-refractivity contribution in [3.8, 4) is 0 Å². The van der Waals surface area contributed by atoms with Crippen LogP contribution in [0.3, 0.4) is 0 Å². The Kier molecular flexibility index (Phi) is 4.60. The third-order valence-corrected chi connectivity index (χ3v) is 11.2. The molecule has 2 heterocycles. The van der Waals surface area contributed by atoms with E-state index < -0.39 is 0 Å². The van der Waals surface area contributed by atoms with Gasteiger partial charge in [-0.3, -0.25) is 4.79 Å². The SMILES string of the molecule is CC1=C2C[C@H]3[C@@H](CC[C@@H]4CC(=O)CC[C@@]43C)[C@@H]2CC[C@@]2(C1)O[C@@H]1CCCN[C@H]1[C@H]2C. The number of nitrogens with one attached hydrogen (secondary N) is 1. The van der Waals surface area contributed by atoms with Gasteiger partial charge in [0, 0.05) is 24.8 Å². The molecule has 4 aliphatic carbocycles. The predicted octanol–water partition coefficient (Wildman–Crippen LogP) is 5.43. The highest BCUT2D eigenvalue weighted by Crippen LogP contribution is 2.64. The number of hydrogen-bond acceptors (Lipinski definition) is 3. The molecule has 30 heavy (non-hydrogen) atoms. The topological polar surface area (TPSA) is 38.3 Å². The van der Waals surface area contributed by atoms with Crippen molar-refractivity contribution in [3.63, 3.8) is 0 Å². The van der Waals surface area contributed by atoms with Gasteiger partial charge in [0.25, 0.3) is 0 Å². The van der Waals surface area contributed by atoms with Crippen LogP contribution in [0.1, 0.15) is 91.4 Å². The highest BCUT2D eigenvalue weighted by molar-refractivity contribution is 5.79. The minimum absolute atomic E-state index is 0.0714. The summed E-state index contributed by atoms with van der Waals surface area (Å²) in [5.74, 6) is 4.27. The van der Waals surface area contributed by atoms with Crippen molar-refractivity contribution < 1.29 is 9.53 Å². The van der Waals surface area contributed by atoms with E-state index in [4.69, 9.17) is 4.74 Å². The fourth-order valence-corrected chi connectivity index (χ4v) is 9.41. The van der Waals surface area contributed by atoms with Gasteiger partial charge >= 0.3 is 0 Å². The number of piperidine rings is 1. The minimum Gasteiger partial charge on any atom is -0.369 e. The highest BCUT2D eigenvalue weighted by atomic mass is 16.5. The summed E-state index contributed by atoms with van der Waals surface area (Å²) in [7, 11) is 0. The molecule has 2 aliphatic heterocycles. The van der Waals surface area contributed by atoms with Crippen molar-refractivity contribution >= 4 is 5.78 Å². The highest BCUT2D eigenvalue weighted by Gasteiger charge is 2.59. The van der Waals surface area contributed by atoms with E-state index in [2.05, 4.69) is 26.1 Å². The Morgan fingerprint density at radius 3 is 2.80 bits per heavy atom. The van der Waals surface area contributed by atoms with Gasteiger partial charge in [-0.1, -0.05) is 25.0 Å². The molecule has 0 bridgehead atoms. The monoisotopic (exact) mass is 411 g/mol. The van der Waals surface area contributed by atoms with Crippen LogP contribution >= 0.6 is 0 Å². The molecule has 3 heteroatoms. The number of Topliss-reactive ketones (excluding diaryl/α,β-unsaturated/α-hetero) is 1. The largest absolute Gasteiger partial charge is 0.369 e. The zero-order valence-corrected chi connectivity index (χ0v) is 19.3. The summed E-state index contributed by atoms with van der Waals surface area (Å²) in [6, 6.07) is 0.566. The van der Waals surface area contributed by atoms with E-state index in [9.17, 15) is 4.79 Å². The molecule has 6 aliphatic rings. The van der Waals surface area contributed by atoms with Gasteiger partial charge in [0.05, 0.1) is 11.7 Å². The number of rotatable bonds is 0. The molecule has 0 unspecified atom stereocenters. The first-order valence-electron chi connectivity index (χ1n) is 13.0. The van der Waals surface area contributed by atoms with E-state index in [0.717, 1.165) is 43.4 Å². The van der Waals surface area contributed by atoms with Gasteiger partial charge in [-0.2, -0.15) is 0 Å². The molecule has 0 aromatic heterocycles. The standard InChI is InChI=1S/C27H41NO2/c1-16-15-27(17(2)25-24(30-27)5-4-12-28-25)11-9-20-21-7-6-18-13-19(29)8-10-26(18,3)23(21)14-22(16)20/h17-18,20-21,23-25,28H,4-15H2,1-3H3/t17-,18-,20+,21+,23+,24-,25+,26+,27+/m1/s1. The molecule has 3 saturated carbocycles. The number of hydrogen-bond donors (Lipinski definition) is 1. The number of ketones is 1. The first kappa shape index (κ1) is 20.0.